The fourth-order valence-corrected chi connectivity index (χ4v) is 4.95. The molecule has 0 aliphatic rings. The lowest BCUT2D eigenvalue weighted by atomic mass is 10.2. The maximum atomic E-state index is 12.3. The molecule has 4 nitrogen and oxygen atoms in total. The van der Waals surface area contributed by atoms with Crippen LogP contribution in [-0.4, -0.2) is 22.4 Å². The number of thioether (sulfide) groups is 1. The van der Waals surface area contributed by atoms with Gasteiger partial charge < -0.3 is 5.32 Å². The van der Waals surface area contributed by atoms with Crippen LogP contribution in [0.1, 0.15) is 20.7 Å². The fraction of sp³-hybridized carbons (Fsp3) is 0.0455. The molecule has 1 N–H and O–H groups in total. The van der Waals surface area contributed by atoms with Crippen molar-refractivity contribution in [1.82, 2.24) is 4.98 Å². The van der Waals surface area contributed by atoms with E-state index in [1.54, 1.807) is 12.1 Å². The Morgan fingerprint density at radius 3 is 2.48 bits per heavy atom. The van der Waals surface area contributed by atoms with Crippen molar-refractivity contribution in [3.8, 4) is 0 Å². The molecule has 1 aromatic heterocycles. The van der Waals surface area contributed by atoms with Crippen LogP contribution in [0.15, 0.2) is 81.6 Å². The lowest BCUT2D eigenvalue weighted by molar-refractivity contribution is 0.101. The van der Waals surface area contributed by atoms with Gasteiger partial charge in [-0.3, -0.25) is 9.59 Å². The van der Waals surface area contributed by atoms with E-state index in [1.807, 2.05) is 60.7 Å². The van der Waals surface area contributed by atoms with Crippen molar-refractivity contribution < 1.29 is 9.59 Å². The van der Waals surface area contributed by atoms with E-state index in [-0.39, 0.29) is 11.7 Å². The Labute approximate surface area is 184 Å². The molecule has 7 heteroatoms. The van der Waals surface area contributed by atoms with Gasteiger partial charge in [0.2, 0.25) is 0 Å². The van der Waals surface area contributed by atoms with E-state index in [4.69, 9.17) is 0 Å². The summed E-state index contributed by atoms with van der Waals surface area (Å²) < 4.78 is 2.74. The number of anilines is 1. The molecular formula is C22H15BrN2O2S2. The number of carbonyl (C=O) groups excluding carboxylic acids is 2. The zero-order chi connectivity index (χ0) is 20.2. The molecule has 0 saturated carbocycles. The number of benzene rings is 3. The molecular weight excluding hydrogens is 468 g/mol. The van der Waals surface area contributed by atoms with Gasteiger partial charge in [0.25, 0.3) is 5.91 Å². The molecule has 0 radical (unpaired) electrons. The minimum atomic E-state index is -0.149. The lowest BCUT2D eigenvalue weighted by Gasteiger charge is -2.04. The topological polar surface area (TPSA) is 59.1 Å². The van der Waals surface area contributed by atoms with Gasteiger partial charge in [-0.15, -0.1) is 11.3 Å². The van der Waals surface area contributed by atoms with Gasteiger partial charge in [-0.2, -0.15) is 0 Å². The summed E-state index contributed by atoms with van der Waals surface area (Å²) in [7, 11) is 0. The third-order valence-corrected chi connectivity index (χ3v) is 6.85. The molecule has 4 rings (SSSR count). The van der Waals surface area contributed by atoms with Crippen LogP contribution in [0.4, 0.5) is 5.69 Å². The van der Waals surface area contributed by atoms with E-state index in [0.717, 1.165) is 24.7 Å². The summed E-state index contributed by atoms with van der Waals surface area (Å²) in [5.41, 5.74) is 2.87. The average Bonchev–Trinajstić information content (AvgIpc) is 3.15. The SMILES string of the molecule is O=C(CSc1nc2ccc(NC(=O)c3ccccc3)cc2s1)c1ccc(Br)cc1. The van der Waals surface area contributed by atoms with Gasteiger partial charge in [-0.05, 0) is 42.5 Å². The number of thiazole rings is 1. The van der Waals surface area contributed by atoms with Crippen molar-refractivity contribution in [2.45, 2.75) is 4.34 Å². The predicted molar refractivity (Wildman–Crippen MR) is 123 cm³/mol. The Morgan fingerprint density at radius 2 is 1.72 bits per heavy atom. The first-order chi connectivity index (χ1) is 14.1. The number of amides is 1. The van der Waals surface area contributed by atoms with E-state index in [1.165, 1.54) is 23.1 Å². The number of hydrogen-bond donors (Lipinski definition) is 1. The average molecular weight is 483 g/mol. The van der Waals surface area contributed by atoms with E-state index >= 15 is 0 Å². The molecule has 0 unspecified atom stereocenters. The maximum Gasteiger partial charge on any atom is 0.255 e. The van der Waals surface area contributed by atoms with Crippen LogP contribution in [0, 0.1) is 0 Å². The standard InChI is InChI=1S/C22H15BrN2O2S2/c23-16-8-6-14(7-9-16)19(26)13-28-22-25-18-11-10-17(12-20(18)29-22)24-21(27)15-4-2-1-3-5-15/h1-12H,13H2,(H,24,27). The first-order valence-electron chi connectivity index (χ1n) is 8.77. The molecule has 0 spiro atoms. The van der Waals surface area contributed by atoms with Gasteiger partial charge in [-0.25, -0.2) is 4.98 Å². The highest BCUT2D eigenvalue weighted by molar-refractivity contribution is 9.10. The van der Waals surface area contributed by atoms with Crippen LogP contribution < -0.4 is 5.32 Å². The van der Waals surface area contributed by atoms with Crippen molar-refractivity contribution in [3.05, 3.63) is 88.4 Å². The first-order valence-corrected chi connectivity index (χ1v) is 11.4. The summed E-state index contributed by atoms with van der Waals surface area (Å²) in [4.78, 5) is 29.2. The number of carbonyl (C=O) groups is 2. The second kappa shape index (κ2) is 8.90. The van der Waals surface area contributed by atoms with Gasteiger partial charge in [0.15, 0.2) is 10.1 Å². The van der Waals surface area contributed by atoms with Crippen LogP contribution in [-0.2, 0) is 0 Å². The summed E-state index contributed by atoms with van der Waals surface area (Å²) >= 11 is 6.32. The third kappa shape index (κ3) is 4.93. The van der Waals surface area contributed by atoms with Crippen molar-refractivity contribution >= 4 is 66.6 Å². The Hall–Kier alpha value is -2.48. The second-order valence-corrected chi connectivity index (χ2v) is 9.37. The Balaban J connectivity index is 1.43. The van der Waals surface area contributed by atoms with Crippen LogP contribution in [0.3, 0.4) is 0 Å². The molecule has 0 aliphatic heterocycles. The number of hydrogen-bond acceptors (Lipinski definition) is 5. The molecule has 0 saturated heterocycles. The molecule has 0 bridgehead atoms. The van der Waals surface area contributed by atoms with Crippen molar-refractivity contribution in [1.29, 1.82) is 0 Å². The quantitative estimate of drug-likeness (QED) is 0.259. The molecule has 1 heterocycles. The summed E-state index contributed by atoms with van der Waals surface area (Å²) in [6.45, 7) is 0. The van der Waals surface area contributed by atoms with Crippen molar-refractivity contribution in [3.63, 3.8) is 0 Å². The van der Waals surface area contributed by atoms with E-state index in [0.29, 0.717) is 16.9 Å². The molecule has 1 amide bonds. The number of Topliss-reactive ketones (excluding diaryl/α,β-unsaturated/α-hetero) is 1. The van der Waals surface area contributed by atoms with E-state index in [9.17, 15) is 9.59 Å². The normalized spacial score (nSPS) is 10.8. The molecule has 144 valence electrons. The summed E-state index contributed by atoms with van der Waals surface area (Å²) in [6, 6.07) is 22.1. The van der Waals surface area contributed by atoms with Gasteiger partial charge in [-0.1, -0.05) is 58.0 Å². The van der Waals surface area contributed by atoms with Gasteiger partial charge in [0, 0.05) is 21.3 Å². The summed E-state index contributed by atoms with van der Waals surface area (Å²) in [5.74, 6) is 0.251. The Kier molecular flexibility index (Phi) is 6.08. The maximum absolute atomic E-state index is 12.3. The number of aromatic nitrogens is 1. The number of nitrogens with one attached hydrogen (secondary N) is 1. The highest BCUT2D eigenvalue weighted by atomic mass is 79.9. The molecule has 0 atom stereocenters. The molecule has 4 aromatic rings. The number of fused-ring (bicyclic) bond motifs is 1. The number of rotatable bonds is 6. The van der Waals surface area contributed by atoms with Crippen LogP contribution in [0.5, 0.6) is 0 Å². The zero-order valence-corrected chi connectivity index (χ0v) is 18.3. The summed E-state index contributed by atoms with van der Waals surface area (Å²) in [5, 5.41) is 2.91. The van der Waals surface area contributed by atoms with Gasteiger partial charge >= 0.3 is 0 Å². The predicted octanol–water partition coefficient (Wildman–Crippen LogP) is 6.29. The van der Waals surface area contributed by atoms with E-state index in [2.05, 4.69) is 26.2 Å². The first kappa shape index (κ1) is 19.8. The van der Waals surface area contributed by atoms with Gasteiger partial charge in [0.05, 0.1) is 16.0 Å². The summed E-state index contributed by atoms with van der Waals surface area (Å²) in [6.07, 6.45) is 0. The van der Waals surface area contributed by atoms with Crippen molar-refractivity contribution in [2.75, 3.05) is 11.1 Å². The minimum Gasteiger partial charge on any atom is -0.322 e. The number of ketones is 1. The van der Waals surface area contributed by atoms with Gasteiger partial charge in [0.1, 0.15) is 0 Å². The lowest BCUT2D eigenvalue weighted by Crippen LogP contribution is -2.11. The Bertz CT molecular complexity index is 1170. The largest absolute Gasteiger partial charge is 0.322 e. The van der Waals surface area contributed by atoms with Crippen molar-refractivity contribution in [2.24, 2.45) is 0 Å². The molecule has 0 aliphatic carbocycles. The highest BCUT2D eigenvalue weighted by Gasteiger charge is 2.11. The minimum absolute atomic E-state index is 0.0672. The van der Waals surface area contributed by atoms with Crippen LogP contribution >= 0.6 is 39.0 Å². The zero-order valence-electron chi connectivity index (χ0n) is 15.1. The second-order valence-electron chi connectivity index (χ2n) is 6.20. The van der Waals surface area contributed by atoms with Crippen LogP contribution in [0.2, 0.25) is 0 Å². The molecule has 3 aromatic carbocycles. The Morgan fingerprint density at radius 1 is 0.966 bits per heavy atom. The molecule has 29 heavy (non-hydrogen) atoms. The smallest absolute Gasteiger partial charge is 0.255 e. The highest BCUT2D eigenvalue weighted by Crippen LogP contribution is 2.31. The van der Waals surface area contributed by atoms with E-state index < -0.39 is 0 Å². The monoisotopic (exact) mass is 482 g/mol. The fourth-order valence-electron chi connectivity index (χ4n) is 2.68. The number of nitrogens with zero attached hydrogens (tertiary/aromatic N) is 1. The molecule has 0 fully saturated rings. The van der Waals surface area contributed by atoms with Crippen LogP contribution in [0.25, 0.3) is 10.2 Å². The number of halogens is 1. The third-order valence-electron chi connectivity index (χ3n) is 4.16.